The van der Waals surface area contributed by atoms with E-state index in [1.807, 2.05) is 18.7 Å². The van der Waals surface area contributed by atoms with Crippen LogP contribution >= 0.6 is 11.3 Å². The smallest absolute Gasteiger partial charge is 0.279 e. The van der Waals surface area contributed by atoms with Crippen molar-refractivity contribution in [3.63, 3.8) is 0 Å². The van der Waals surface area contributed by atoms with Crippen LogP contribution in [0.25, 0.3) is 10.2 Å². The molecule has 1 aliphatic rings. The Kier molecular flexibility index (Phi) is 5.51. The van der Waals surface area contributed by atoms with Gasteiger partial charge in [-0.25, -0.2) is 4.68 Å². The van der Waals surface area contributed by atoms with Crippen LogP contribution in [0.2, 0.25) is 0 Å². The normalized spacial score (nSPS) is 16.8. The van der Waals surface area contributed by atoms with Gasteiger partial charge in [0.2, 0.25) is 5.91 Å². The molecule has 2 aromatic heterocycles. The Hall–Kier alpha value is -1.76. The molecule has 136 valence electrons. The fourth-order valence-electron chi connectivity index (χ4n) is 3.52. The van der Waals surface area contributed by atoms with Crippen LogP contribution < -0.4 is 5.56 Å². The molecule has 0 aliphatic heterocycles. The summed E-state index contributed by atoms with van der Waals surface area (Å²) in [6, 6.07) is 0. The summed E-state index contributed by atoms with van der Waals surface area (Å²) in [5, 5.41) is 8.95. The van der Waals surface area contributed by atoms with Crippen molar-refractivity contribution in [2.45, 2.75) is 59.4 Å². The van der Waals surface area contributed by atoms with Crippen LogP contribution in [0, 0.1) is 5.92 Å². The second-order valence-corrected chi connectivity index (χ2v) is 8.05. The first-order valence-corrected chi connectivity index (χ1v) is 10.0. The van der Waals surface area contributed by atoms with Gasteiger partial charge in [0.15, 0.2) is 4.83 Å². The molecule has 2 aromatic rings. The van der Waals surface area contributed by atoms with Gasteiger partial charge >= 0.3 is 0 Å². The van der Waals surface area contributed by atoms with E-state index >= 15 is 0 Å². The van der Waals surface area contributed by atoms with Crippen LogP contribution in [-0.2, 0) is 24.2 Å². The van der Waals surface area contributed by atoms with Gasteiger partial charge in [0.05, 0.1) is 5.39 Å². The molecule has 0 fully saturated rings. The topological polar surface area (TPSA) is 68.1 Å². The standard InChI is InChI=1S/C18H26N4O2S/c1-4-8-21(9-5-2)15(23)11-22-18(24)16-13-7-6-12(3)10-14(13)25-17(16)19-20-22/h12H,4-11H2,1-3H3/t12-/m0/s1. The van der Waals surface area contributed by atoms with Crippen molar-refractivity contribution in [1.29, 1.82) is 0 Å². The average molecular weight is 362 g/mol. The highest BCUT2D eigenvalue weighted by atomic mass is 32.1. The van der Waals surface area contributed by atoms with Gasteiger partial charge in [0.25, 0.3) is 5.56 Å². The van der Waals surface area contributed by atoms with Crippen molar-refractivity contribution in [2.75, 3.05) is 13.1 Å². The first kappa shape index (κ1) is 18.0. The van der Waals surface area contributed by atoms with Crippen LogP contribution in [-0.4, -0.2) is 38.9 Å². The lowest BCUT2D eigenvalue weighted by Gasteiger charge is -2.21. The number of nitrogens with zero attached hydrogens (tertiary/aromatic N) is 4. The molecule has 0 radical (unpaired) electrons. The molecule has 6 nitrogen and oxygen atoms in total. The largest absolute Gasteiger partial charge is 0.341 e. The van der Waals surface area contributed by atoms with Gasteiger partial charge in [-0.3, -0.25) is 9.59 Å². The summed E-state index contributed by atoms with van der Waals surface area (Å²) in [4.78, 5) is 29.3. The van der Waals surface area contributed by atoms with E-state index < -0.39 is 0 Å². The Labute approximate surface area is 151 Å². The molecule has 1 aliphatic carbocycles. The van der Waals surface area contributed by atoms with E-state index in [2.05, 4.69) is 17.2 Å². The minimum absolute atomic E-state index is 0.0250. The highest BCUT2D eigenvalue weighted by molar-refractivity contribution is 7.18. The maximum atomic E-state index is 12.9. The maximum absolute atomic E-state index is 12.9. The Balaban J connectivity index is 1.91. The molecule has 7 heteroatoms. The third-order valence-corrected chi connectivity index (χ3v) is 5.95. The van der Waals surface area contributed by atoms with Gasteiger partial charge in [-0.2, -0.15) is 0 Å². The van der Waals surface area contributed by atoms with Crippen LogP contribution in [0.5, 0.6) is 0 Å². The monoisotopic (exact) mass is 362 g/mol. The lowest BCUT2D eigenvalue weighted by Crippen LogP contribution is -2.38. The summed E-state index contributed by atoms with van der Waals surface area (Å²) in [6.45, 7) is 7.74. The zero-order valence-corrected chi connectivity index (χ0v) is 16.1. The molecule has 0 N–H and O–H groups in total. The number of amides is 1. The van der Waals surface area contributed by atoms with E-state index in [0.29, 0.717) is 29.2 Å². The van der Waals surface area contributed by atoms with Crippen molar-refractivity contribution < 1.29 is 4.79 Å². The van der Waals surface area contributed by atoms with Crippen molar-refractivity contribution >= 4 is 27.5 Å². The summed E-state index contributed by atoms with van der Waals surface area (Å²) in [5.41, 5.74) is 0.969. The molecular formula is C18H26N4O2S. The highest BCUT2D eigenvalue weighted by Gasteiger charge is 2.24. The van der Waals surface area contributed by atoms with Crippen molar-refractivity contribution in [1.82, 2.24) is 19.9 Å². The van der Waals surface area contributed by atoms with Crippen LogP contribution in [0.3, 0.4) is 0 Å². The third-order valence-electron chi connectivity index (χ3n) is 4.81. The summed E-state index contributed by atoms with van der Waals surface area (Å²) in [6.07, 6.45) is 4.84. The van der Waals surface area contributed by atoms with Crippen LogP contribution in [0.15, 0.2) is 4.79 Å². The second-order valence-electron chi connectivity index (χ2n) is 6.96. The molecule has 0 bridgehead atoms. The summed E-state index contributed by atoms with van der Waals surface area (Å²) in [7, 11) is 0. The number of hydrogen-bond acceptors (Lipinski definition) is 5. The third kappa shape index (κ3) is 3.61. The van der Waals surface area contributed by atoms with Crippen molar-refractivity contribution in [3.8, 4) is 0 Å². The number of aromatic nitrogens is 3. The van der Waals surface area contributed by atoms with Crippen LogP contribution in [0.1, 0.15) is 50.5 Å². The number of hydrogen-bond donors (Lipinski definition) is 0. The molecule has 3 rings (SSSR count). The molecular weight excluding hydrogens is 336 g/mol. The Morgan fingerprint density at radius 3 is 2.72 bits per heavy atom. The lowest BCUT2D eigenvalue weighted by atomic mass is 9.89. The van der Waals surface area contributed by atoms with E-state index in [9.17, 15) is 9.59 Å². The van der Waals surface area contributed by atoms with Gasteiger partial charge < -0.3 is 4.90 Å². The molecule has 0 unspecified atom stereocenters. The Bertz CT molecular complexity index is 820. The van der Waals surface area contributed by atoms with Crippen LogP contribution in [0.4, 0.5) is 0 Å². The van der Waals surface area contributed by atoms with E-state index in [0.717, 1.165) is 37.7 Å². The van der Waals surface area contributed by atoms with E-state index in [4.69, 9.17) is 0 Å². The molecule has 0 aromatic carbocycles. The number of carbonyl (C=O) groups is 1. The Morgan fingerprint density at radius 1 is 1.32 bits per heavy atom. The number of aryl methyl sites for hydroxylation is 1. The molecule has 1 amide bonds. The SMILES string of the molecule is CCCN(CCC)C(=O)Cn1nnc2sc3c(c2c1=O)CC[C@H](C)C3. The quantitative estimate of drug-likeness (QED) is 0.792. The minimum atomic E-state index is -0.168. The van der Waals surface area contributed by atoms with Gasteiger partial charge in [-0.1, -0.05) is 26.0 Å². The fourth-order valence-corrected chi connectivity index (χ4v) is 4.84. The van der Waals surface area contributed by atoms with Crippen molar-refractivity contribution in [3.05, 3.63) is 20.8 Å². The zero-order valence-electron chi connectivity index (χ0n) is 15.2. The maximum Gasteiger partial charge on any atom is 0.279 e. The van der Waals surface area contributed by atoms with E-state index in [1.165, 1.54) is 9.56 Å². The first-order chi connectivity index (χ1) is 12.0. The van der Waals surface area contributed by atoms with Crippen molar-refractivity contribution in [2.24, 2.45) is 5.92 Å². The zero-order chi connectivity index (χ0) is 18.0. The van der Waals surface area contributed by atoms with Gasteiger partial charge in [0.1, 0.15) is 6.54 Å². The van der Waals surface area contributed by atoms with Gasteiger partial charge in [0, 0.05) is 18.0 Å². The lowest BCUT2D eigenvalue weighted by molar-refractivity contribution is -0.132. The summed E-state index contributed by atoms with van der Waals surface area (Å²) >= 11 is 1.59. The molecule has 25 heavy (non-hydrogen) atoms. The highest BCUT2D eigenvalue weighted by Crippen LogP contribution is 2.35. The first-order valence-electron chi connectivity index (χ1n) is 9.20. The molecule has 1 atom stereocenters. The average Bonchev–Trinajstić information content (AvgIpc) is 2.95. The molecule has 0 saturated carbocycles. The Morgan fingerprint density at radius 2 is 2.04 bits per heavy atom. The predicted octanol–water partition coefficient (Wildman–Crippen LogP) is 2.63. The minimum Gasteiger partial charge on any atom is -0.341 e. The second kappa shape index (κ2) is 7.64. The summed E-state index contributed by atoms with van der Waals surface area (Å²) in [5.74, 6) is 0.589. The predicted molar refractivity (Wildman–Crippen MR) is 100 cm³/mol. The number of fused-ring (bicyclic) bond motifs is 3. The number of rotatable bonds is 6. The van der Waals surface area contributed by atoms with E-state index in [1.54, 1.807) is 11.3 Å². The van der Waals surface area contributed by atoms with Gasteiger partial charge in [-0.05, 0) is 43.6 Å². The number of thiophene rings is 1. The molecule has 0 spiro atoms. The molecule has 0 saturated heterocycles. The number of carbonyl (C=O) groups excluding carboxylic acids is 1. The van der Waals surface area contributed by atoms with E-state index in [-0.39, 0.29) is 18.0 Å². The fraction of sp³-hybridized carbons (Fsp3) is 0.667. The van der Waals surface area contributed by atoms with Gasteiger partial charge in [-0.15, -0.1) is 16.4 Å². The summed E-state index contributed by atoms with van der Waals surface area (Å²) < 4.78 is 1.24. The molecule has 2 heterocycles.